The third-order valence-corrected chi connectivity index (χ3v) is 6.00. The summed E-state index contributed by atoms with van der Waals surface area (Å²) in [4.78, 5) is 19.7. The zero-order valence-corrected chi connectivity index (χ0v) is 14.5. The first-order valence-corrected chi connectivity index (χ1v) is 8.91. The van der Waals surface area contributed by atoms with Crippen molar-refractivity contribution < 1.29 is 4.79 Å². The number of amides is 1. The van der Waals surface area contributed by atoms with E-state index in [0.717, 1.165) is 38.3 Å². The molecule has 1 amide bonds. The van der Waals surface area contributed by atoms with Crippen molar-refractivity contribution in [3.8, 4) is 0 Å². The number of aromatic nitrogens is 2. The molecule has 2 aromatic heterocycles. The van der Waals surface area contributed by atoms with E-state index in [9.17, 15) is 4.79 Å². The molecule has 0 aromatic carbocycles. The highest BCUT2D eigenvalue weighted by Gasteiger charge is 2.47. The van der Waals surface area contributed by atoms with Crippen molar-refractivity contribution in [2.45, 2.75) is 26.3 Å². The molecule has 6 heteroatoms. The van der Waals surface area contributed by atoms with Crippen LogP contribution < -0.4 is 4.90 Å². The molecule has 1 spiro atoms. The Hall–Kier alpha value is -1.66. The number of anilines is 1. The van der Waals surface area contributed by atoms with E-state index in [2.05, 4.69) is 29.1 Å². The van der Waals surface area contributed by atoms with Gasteiger partial charge in [0.25, 0.3) is 0 Å². The van der Waals surface area contributed by atoms with E-state index in [1.54, 1.807) is 10.9 Å². The summed E-state index contributed by atoms with van der Waals surface area (Å²) in [5.74, 6) is 0.242. The topological polar surface area (TPSA) is 41.4 Å². The van der Waals surface area contributed by atoms with Gasteiger partial charge in [-0.2, -0.15) is 5.10 Å². The lowest BCUT2D eigenvalue weighted by Gasteiger charge is -2.23. The predicted molar refractivity (Wildman–Crippen MR) is 91.6 cm³/mol. The molecule has 0 bridgehead atoms. The number of likely N-dealkylation sites (tertiary alicyclic amines) is 1. The van der Waals surface area contributed by atoms with E-state index >= 15 is 0 Å². The van der Waals surface area contributed by atoms with E-state index in [-0.39, 0.29) is 11.3 Å². The Morgan fingerprint density at radius 1 is 1.35 bits per heavy atom. The Morgan fingerprint density at radius 3 is 2.91 bits per heavy atom. The highest BCUT2D eigenvalue weighted by Crippen LogP contribution is 2.42. The Balaban J connectivity index is 1.45. The van der Waals surface area contributed by atoms with Gasteiger partial charge in [-0.05, 0) is 32.0 Å². The molecule has 122 valence electrons. The molecule has 23 heavy (non-hydrogen) atoms. The van der Waals surface area contributed by atoms with Crippen molar-refractivity contribution in [2.24, 2.45) is 12.5 Å². The summed E-state index contributed by atoms with van der Waals surface area (Å²) in [6.45, 7) is 6.11. The lowest BCUT2D eigenvalue weighted by molar-refractivity contribution is -0.117. The summed E-state index contributed by atoms with van der Waals surface area (Å²) in [5.41, 5.74) is 1.06. The minimum atomic E-state index is 0.124. The van der Waals surface area contributed by atoms with E-state index in [0.29, 0.717) is 6.42 Å². The molecule has 2 aliphatic heterocycles. The monoisotopic (exact) mass is 330 g/mol. The van der Waals surface area contributed by atoms with Crippen molar-refractivity contribution >= 4 is 22.9 Å². The number of hydrogen-bond donors (Lipinski definition) is 0. The van der Waals surface area contributed by atoms with Crippen LogP contribution in [0.15, 0.2) is 24.5 Å². The van der Waals surface area contributed by atoms with E-state index in [1.807, 2.05) is 29.5 Å². The summed E-state index contributed by atoms with van der Waals surface area (Å²) >= 11 is 1.88. The Labute approximate surface area is 140 Å². The van der Waals surface area contributed by atoms with Crippen LogP contribution in [0.2, 0.25) is 0 Å². The van der Waals surface area contributed by atoms with Crippen LogP contribution in [0.25, 0.3) is 0 Å². The second kappa shape index (κ2) is 5.46. The zero-order valence-electron chi connectivity index (χ0n) is 13.7. The number of carbonyl (C=O) groups excluding carboxylic acids is 1. The van der Waals surface area contributed by atoms with Crippen LogP contribution >= 0.6 is 11.3 Å². The minimum absolute atomic E-state index is 0.124. The van der Waals surface area contributed by atoms with Gasteiger partial charge >= 0.3 is 0 Å². The third kappa shape index (κ3) is 2.81. The molecule has 0 saturated carbocycles. The first-order valence-electron chi connectivity index (χ1n) is 8.10. The van der Waals surface area contributed by atoms with Gasteiger partial charge in [-0.15, -0.1) is 11.3 Å². The standard InChI is InChI=1S/C17H22N4OS/c1-13-3-4-15(23-13)10-20-6-5-17(11-20)7-16(22)21(12-17)14-8-18-19(2)9-14/h3-4,8-9H,5-7,10-12H2,1-2H3. The molecule has 0 aliphatic carbocycles. The number of hydrogen-bond acceptors (Lipinski definition) is 4. The summed E-state index contributed by atoms with van der Waals surface area (Å²) in [6, 6.07) is 4.42. The van der Waals surface area contributed by atoms with Crippen LogP contribution in [0.1, 0.15) is 22.6 Å². The molecule has 4 heterocycles. The van der Waals surface area contributed by atoms with Crippen LogP contribution in [0.4, 0.5) is 5.69 Å². The maximum absolute atomic E-state index is 12.5. The zero-order chi connectivity index (χ0) is 16.0. The molecule has 2 aliphatic rings. The van der Waals surface area contributed by atoms with Crippen molar-refractivity contribution in [3.63, 3.8) is 0 Å². The number of rotatable bonds is 3. The fraction of sp³-hybridized carbons (Fsp3) is 0.529. The van der Waals surface area contributed by atoms with Gasteiger partial charge in [0.15, 0.2) is 0 Å². The van der Waals surface area contributed by atoms with Gasteiger partial charge in [0.05, 0.1) is 11.9 Å². The first-order chi connectivity index (χ1) is 11.0. The van der Waals surface area contributed by atoms with Crippen LogP contribution in [0.5, 0.6) is 0 Å². The summed E-state index contributed by atoms with van der Waals surface area (Å²) in [6.07, 6.45) is 5.50. The lowest BCUT2D eigenvalue weighted by Crippen LogP contribution is -2.31. The fourth-order valence-corrected chi connectivity index (χ4v) is 4.84. The van der Waals surface area contributed by atoms with E-state index in [4.69, 9.17) is 0 Å². The summed E-state index contributed by atoms with van der Waals surface area (Å²) in [5, 5.41) is 4.20. The molecule has 4 rings (SSSR count). The number of carbonyl (C=O) groups is 1. The van der Waals surface area contributed by atoms with Gasteiger partial charge in [0.2, 0.25) is 5.91 Å². The van der Waals surface area contributed by atoms with Crippen LogP contribution in [0.3, 0.4) is 0 Å². The van der Waals surface area contributed by atoms with Crippen molar-refractivity contribution in [2.75, 3.05) is 24.5 Å². The average molecular weight is 330 g/mol. The Kier molecular flexibility index (Phi) is 3.54. The van der Waals surface area contributed by atoms with Gasteiger partial charge in [-0.25, -0.2) is 0 Å². The molecule has 1 unspecified atom stereocenters. The Morgan fingerprint density at radius 2 is 2.22 bits per heavy atom. The molecule has 1 atom stereocenters. The van der Waals surface area contributed by atoms with Crippen LogP contribution in [0, 0.1) is 12.3 Å². The molecule has 2 fully saturated rings. The van der Waals surface area contributed by atoms with Gasteiger partial charge in [-0.1, -0.05) is 0 Å². The molecule has 0 radical (unpaired) electrons. The molecular formula is C17H22N4OS. The highest BCUT2D eigenvalue weighted by atomic mass is 32.1. The second-order valence-corrected chi connectivity index (χ2v) is 8.37. The Bertz CT molecular complexity index is 737. The minimum Gasteiger partial charge on any atom is -0.309 e. The van der Waals surface area contributed by atoms with Crippen LogP contribution in [-0.2, 0) is 18.4 Å². The van der Waals surface area contributed by atoms with Crippen molar-refractivity contribution in [1.82, 2.24) is 14.7 Å². The maximum atomic E-state index is 12.5. The molecule has 0 N–H and O–H groups in total. The molecule has 5 nitrogen and oxygen atoms in total. The van der Waals surface area contributed by atoms with Crippen molar-refractivity contribution in [1.29, 1.82) is 0 Å². The summed E-state index contributed by atoms with van der Waals surface area (Å²) < 4.78 is 1.76. The molecular weight excluding hydrogens is 308 g/mol. The molecule has 2 saturated heterocycles. The van der Waals surface area contributed by atoms with E-state index in [1.165, 1.54) is 9.75 Å². The quantitative estimate of drug-likeness (QED) is 0.868. The number of thiophene rings is 1. The van der Waals surface area contributed by atoms with Gasteiger partial charge in [-0.3, -0.25) is 14.4 Å². The average Bonchev–Trinajstić information content (AvgIpc) is 3.23. The first kappa shape index (κ1) is 14.9. The highest BCUT2D eigenvalue weighted by molar-refractivity contribution is 7.11. The van der Waals surface area contributed by atoms with Gasteiger partial charge < -0.3 is 4.90 Å². The van der Waals surface area contributed by atoms with Crippen molar-refractivity contribution in [3.05, 3.63) is 34.3 Å². The largest absolute Gasteiger partial charge is 0.309 e. The van der Waals surface area contributed by atoms with Gasteiger partial charge in [0, 0.05) is 54.5 Å². The maximum Gasteiger partial charge on any atom is 0.227 e. The fourth-order valence-electron chi connectivity index (χ4n) is 3.91. The number of nitrogens with zero attached hydrogens (tertiary/aromatic N) is 4. The summed E-state index contributed by atoms with van der Waals surface area (Å²) in [7, 11) is 1.89. The SMILES string of the molecule is Cc1ccc(CN2CCC3(CC(=O)N(c4cnn(C)c4)C3)C2)s1. The smallest absolute Gasteiger partial charge is 0.227 e. The third-order valence-electron chi connectivity index (χ3n) is 5.02. The second-order valence-electron chi connectivity index (χ2n) is 7.00. The van der Waals surface area contributed by atoms with Crippen LogP contribution in [-0.4, -0.2) is 40.2 Å². The number of aryl methyl sites for hydroxylation is 2. The van der Waals surface area contributed by atoms with E-state index < -0.39 is 0 Å². The lowest BCUT2D eigenvalue weighted by atomic mass is 9.86. The predicted octanol–water partition coefficient (Wildman–Crippen LogP) is 2.42. The normalized spacial score (nSPS) is 25.1. The van der Waals surface area contributed by atoms with Gasteiger partial charge in [0.1, 0.15) is 0 Å². The molecule has 2 aromatic rings.